The van der Waals surface area contributed by atoms with Crippen molar-refractivity contribution >= 4 is 27.5 Å². The first kappa shape index (κ1) is 15.9. The molecule has 0 aliphatic rings. The van der Waals surface area contributed by atoms with Gasteiger partial charge in [0.15, 0.2) is 0 Å². The number of nitrogens with zero attached hydrogens (tertiary/aromatic N) is 2. The van der Waals surface area contributed by atoms with Crippen LogP contribution >= 0.6 is 15.9 Å². The van der Waals surface area contributed by atoms with Gasteiger partial charge in [0.1, 0.15) is 0 Å². The van der Waals surface area contributed by atoms with Crippen LogP contribution in [0.3, 0.4) is 0 Å². The average molecular weight is 335 g/mol. The summed E-state index contributed by atoms with van der Waals surface area (Å²) >= 11 is 3.17. The number of halogens is 3. The molecule has 106 valence electrons. The second kappa shape index (κ2) is 7.43. The molecule has 6 heteroatoms. The maximum atomic E-state index is 12.4. The van der Waals surface area contributed by atoms with E-state index in [0.717, 1.165) is 10.6 Å². The van der Waals surface area contributed by atoms with Crippen molar-refractivity contribution in [2.75, 3.05) is 37.4 Å². The van der Waals surface area contributed by atoms with Crippen molar-refractivity contribution in [3.8, 4) is 0 Å². The third-order valence-electron chi connectivity index (χ3n) is 2.63. The smallest absolute Gasteiger partial charge is 0.255 e. The molecule has 0 bridgehead atoms. The van der Waals surface area contributed by atoms with Gasteiger partial charge >= 0.3 is 0 Å². The summed E-state index contributed by atoms with van der Waals surface area (Å²) in [7, 11) is 3.79. The number of carbonyl (C=O) groups excluding carboxylic acids is 1. The maximum Gasteiger partial charge on any atom is 0.255 e. The molecular formula is C13H17BrF2N2O. The summed E-state index contributed by atoms with van der Waals surface area (Å²) in [6.45, 7) is -0.279. The van der Waals surface area contributed by atoms with Crippen molar-refractivity contribution in [1.82, 2.24) is 4.90 Å². The molecule has 0 heterocycles. The van der Waals surface area contributed by atoms with E-state index < -0.39 is 13.0 Å². The molecule has 0 spiro atoms. The van der Waals surface area contributed by atoms with Gasteiger partial charge in [-0.3, -0.25) is 4.79 Å². The highest BCUT2D eigenvalue weighted by atomic mass is 79.9. The van der Waals surface area contributed by atoms with Crippen molar-refractivity contribution in [2.24, 2.45) is 0 Å². The van der Waals surface area contributed by atoms with Crippen LogP contribution in [0.2, 0.25) is 0 Å². The van der Waals surface area contributed by atoms with Crippen molar-refractivity contribution < 1.29 is 13.6 Å². The molecule has 1 aromatic carbocycles. The molecule has 1 aromatic rings. The number of hydrogen-bond acceptors (Lipinski definition) is 2. The number of hydrogen-bond donors (Lipinski definition) is 0. The third kappa shape index (κ3) is 4.78. The predicted molar refractivity (Wildman–Crippen MR) is 76.5 cm³/mol. The van der Waals surface area contributed by atoms with Gasteiger partial charge in [-0.15, -0.1) is 0 Å². The van der Waals surface area contributed by atoms with Gasteiger partial charge in [-0.2, -0.15) is 0 Å². The van der Waals surface area contributed by atoms with E-state index in [2.05, 4.69) is 15.9 Å². The molecule has 0 N–H and O–H groups in total. The van der Waals surface area contributed by atoms with E-state index in [1.165, 1.54) is 0 Å². The van der Waals surface area contributed by atoms with E-state index in [-0.39, 0.29) is 12.5 Å². The zero-order valence-electron chi connectivity index (χ0n) is 10.9. The maximum absolute atomic E-state index is 12.4. The summed E-state index contributed by atoms with van der Waals surface area (Å²) in [4.78, 5) is 15.2. The Labute approximate surface area is 120 Å². The lowest BCUT2D eigenvalue weighted by molar-refractivity contribution is 0.0572. The van der Waals surface area contributed by atoms with Gasteiger partial charge in [0.05, 0.1) is 6.54 Å². The topological polar surface area (TPSA) is 23.6 Å². The molecule has 0 radical (unpaired) electrons. The van der Waals surface area contributed by atoms with E-state index in [9.17, 15) is 13.6 Å². The molecule has 0 aliphatic heterocycles. The lowest BCUT2D eigenvalue weighted by Gasteiger charge is -2.21. The van der Waals surface area contributed by atoms with Gasteiger partial charge in [-0.25, -0.2) is 8.78 Å². The summed E-state index contributed by atoms with van der Waals surface area (Å²) in [5.41, 5.74) is 1.38. The molecule has 0 unspecified atom stereocenters. The summed E-state index contributed by atoms with van der Waals surface area (Å²) in [5.74, 6) is -0.370. The zero-order valence-corrected chi connectivity index (χ0v) is 12.5. The van der Waals surface area contributed by atoms with E-state index in [0.29, 0.717) is 10.9 Å². The minimum Gasteiger partial charge on any atom is -0.378 e. The fraction of sp³-hybridized carbons (Fsp3) is 0.462. The van der Waals surface area contributed by atoms with Crippen LogP contribution in [0.4, 0.5) is 14.5 Å². The summed E-state index contributed by atoms with van der Waals surface area (Å²) in [6.07, 6.45) is -2.52. The lowest BCUT2D eigenvalue weighted by atomic mass is 10.1. The Bertz CT molecular complexity index is 410. The monoisotopic (exact) mass is 334 g/mol. The predicted octanol–water partition coefficient (Wildman–Crippen LogP) is 2.85. The molecule has 19 heavy (non-hydrogen) atoms. The normalized spacial score (nSPS) is 10.6. The summed E-state index contributed by atoms with van der Waals surface area (Å²) in [6, 6.07) is 6.90. The van der Waals surface area contributed by atoms with Gasteiger partial charge in [-0.05, 0) is 24.3 Å². The summed E-state index contributed by atoms with van der Waals surface area (Å²) in [5, 5.41) is 0.473. The quantitative estimate of drug-likeness (QED) is 0.747. The lowest BCUT2D eigenvalue weighted by Crippen LogP contribution is -2.36. The van der Waals surface area contributed by atoms with Crippen LogP contribution in [0.15, 0.2) is 24.3 Å². The van der Waals surface area contributed by atoms with Gasteiger partial charge < -0.3 is 9.80 Å². The van der Waals surface area contributed by atoms with Crippen LogP contribution in [0.1, 0.15) is 10.4 Å². The minimum atomic E-state index is -2.52. The molecule has 1 rings (SSSR count). The van der Waals surface area contributed by atoms with Crippen LogP contribution in [0.5, 0.6) is 0 Å². The number of amides is 1. The van der Waals surface area contributed by atoms with Crippen LogP contribution in [-0.4, -0.2) is 49.7 Å². The van der Waals surface area contributed by atoms with Crippen molar-refractivity contribution in [2.45, 2.75) is 6.43 Å². The number of rotatable bonds is 6. The largest absolute Gasteiger partial charge is 0.378 e. The Kier molecular flexibility index (Phi) is 6.21. The number of benzene rings is 1. The van der Waals surface area contributed by atoms with Gasteiger partial charge in [0, 0.05) is 37.2 Å². The second-order valence-corrected chi connectivity index (χ2v) is 5.07. The molecule has 0 fully saturated rings. The second-order valence-electron chi connectivity index (χ2n) is 4.27. The van der Waals surface area contributed by atoms with E-state index in [1.54, 1.807) is 24.3 Å². The number of alkyl halides is 3. The van der Waals surface area contributed by atoms with Gasteiger partial charge in [-0.1, -0.05) is 15.9 Å². The molecule has 0 saturated heterocycles. The van der Waals surface area contributed by atoms with Crippen molar-refractivity contribution in [3.63, 3.8) is 0 Å². The number of carbonyl (C=O) groups is 1. The molecule has 3 nitrogen and oxygen atoms in total. The van der Waals surface area contributed by atoms with Crippen molar-refractivity contribution in [3.05, 3.63) is 29.8 Å². The molecule has 0 saturated carbocycles. The first-order valence-corrected chi connectivity index (χ1v) is 6.98. The SMILES string of the molecule is CN(C)c1ccc(C(=O)N(CCBr)CC(F)F)cc1. The molecule has 0 aliphatic carbocycles. The van der Waals surface area contributed by atoms with Gasteiger partial charge in [0.2, 0.25) is 0 Å². The first-order chi connectivity index (χ1) is 8.95. The van der Waals surface area contributed by atoms with Crippen molar-refractivity contribution in [1.29, 1.82) is 0 Å². The highest BCUT2D eigenvalue weighted by Gasteiger charge is 2.19. The van der Waals surface area contributed by atoms with E-state index in [1.807, 2.05) is 19.0 Å². The number of anilines is 1. The van der Waals surface area contributed by atoms with Crippen LogP contribution in [0, 0.1) is 0 Å². The highest BCUT2D eigenvalue weighted by Crippen LogP contribution is 2.14. The van der Waals surface area contributed by atoms with Gasteiger partial charge in [0.25, 0.3) is 12.3 Å². The Morgan fingerprint density at radius 2 is 1.84 bits per heavy atom. The summed E-state index contributed by atoms with van der Waals surface area (Å²) < 4.78 is 24.9. The Balaban J connectivity index is 2.83. The van der Waals surface area contributed by atoms with E-state index in [4.69, 9.17) is 0 Å². The molecule has 0 atom stereocenters. The van der Waals surface area contributed by atoms with Crippen LogP contribution in [-0.2, 0) is 0 Å². The highest BCUT2D eigenvalue weighted by molar-refractivity contribution is 9.09. The minimum absolute atomic E-state index is 0.263. The third-order valence-corrected chi connectivity index (χ3v) is 2.99. The molecule has 0 aromatic heterocycles. The van der Waals surface area contributed by atoms with Crippen LogP contribution in [0.25, 0.3) is 0 Å². The Hall–Kier alpha value is -1.17. The van der Waals surface area contributed by atoms with Crippen LogP contribution < -0.4 is 4.90 Å². The zero-order chi connectivity index (χ0) is 14.4. The Morgan fingerprint density at radius 1 is 1.26 bits per heavy atom. The first-order valence-electron chi connectivity index (χ1n) is 5.86. The Morgan fingerprint density at radius 3 is 2.26 bits per heavy atom. The standard InChI is InChI=1S/C13H17BrF2N2O/c1-17(2)11-5-3-10(4-6-11)13(19)18(8-7-14)9-12(15)16/h3-6,12H,7-9H2,1-2H3. The molecule has 1 amide bonds. The fourth-order valence-electron chi connectivity index (χ4n) is 1.63. The fourth-order valence-corrected chi connectivity index (χ4v) is 2.06. The molecular weight excluding hydrogens is 318 g/mol. The average Bonchev–Trinajstić information content (AvgIpc) is 2.37. The van der Waals surface area contributed by atoms with E-state index >= 15 is 0 Å².